The van der Waals surface area contributed by atoms with Crippen molar-refractivity contribution in [3.8, 4) is 5.75 Å². The van der Waals surface area contributed by atoms with E-state index in [1.807, 2.05) is 66.4 Å². The molecule has 1 aliphatic rings. The summed E-state index contributed by atoms with van der Waals surface area (Å²) in [5.74, 6) is 1.55. The van der Waals surface area contributed by atoms with E-state index in [-0.39, 0.29) is 5.91 Å². The summed E-state index contributed by atoms with van der Waals surface area (Å²) in [4.78, 5) is 12.5. The number of carbonyl (C=O) groups excluding carboxylic acids is 1. The summed E-state index contributed by atoms with van der Waals surface area (Å²) in [5.41, 5.74) is 1.69. The van der Waals surface area contributed by atoms with Crippen molar-refractivity contribution in [2.45, 2.75) is 37.5 Å². The minimum Gasteiger partial charge on any atom is -0.488 e. The lowest BCUT2D eigenvalue weighted by Gasteiger charge is -2.12. The van der Waals surface area contributed by atoms with Crippen LogP contribution < -0.4 is 10.1 Å². The third-order valence-corrected chi connectivity index (χ3v) is 5.79. The number of rotatable bonds is 8. The average Bonchev–Trinajstić information content (AvgIpc) is 3.18. The van der Waals surface area contributed by atoms with Crippen molar-refractivity contribution in [3.63, 3.8) is 0 Å². The van der Waals surface area contributed by atoms with Gasteiger partial charge in [0.15, 0.2) is 0 Å². The maximum atomic E-state index is 12.5. The van der Waals surface area contributed by atoms with E-state index in [0.717, 1.165) is 16.6 Å². The number of para-hydroxylation sites is 1. The van der Waals surface area contributed by atoms with Gasteiger partial charge in [-0.3, -0.25) is 4.79 Å². The highest BCUT2D eigenvalue weighted by molar-refractivity contribution is 7.99. The maximum Gasteiger partial charge on any atom is 0.255 e. The van der Waals surface area contributed by atoms with Crippen LogP contribution in [0.3, 0.4) is 0 Å². The van der Waals surface area contributed by atoms with Crippen LogP contribution in [0.1, 0.15) is 41.6 Å². The molecule has 1 saturated carbocycles. The summed E-state index contributed by atoms with van der Waals surface area (Å²) >= 11 is 1.99. The van der Waals surface area contributed by atoms with E-state index in [2.05, 4.69) is 5.32 Å². The van der Waals surface area contributed by atoms with Gasteiger partial charge in [0.2, 0.25) is 0 Å². The highest BCUT2D eigenvalue weighted by Crippen LogP contribution is 2.29. The second-order valence-electron chi connectivity index (χ2n) is 6.30. The largest absolute Gasteiger partial charge is 0.488 e. The minimum atomic E-state index is -0.0596. The van der Waals surface area contributed by atoms with Gasteiger partial charge < -0.3 is 10.1 Å². The smallest absolute Gasteiger partial charge is 0.255 e. The van der Waals surface area contributed by atoms with Gasteiger partial charge in [-0.2, -0.15) is 11.8 Å². The number of amides is 1. The molecule has 4 heteroatoms. The normalized spacial score (nSPS) is 14.4. The number of hydrogen-bond acceptors (Lipinski definition) is 3. The van der Waals surface area contributed by atoms with E-state index in [0.29, 0.717) is 24.5 Å². The quantitative estimate of drug-likeness (QED) is 0.699. The van der Waals surface area contributed by atoms with Crippen molar-refractivity contribution in [1.29, 1.82) is 0 Å². The topological polar surface area (TPSA) is 38.3 Å². The fraction of sp³-hybridized carbons (Fsp3) is 0.381. The highest BCUT2D eigenvalue weighted by atomic mass is 32.2. The first kappa shape index (κ1) is 17.9. The Labute approximate surface area is 154 Å². The molecule has 2 aromatic rings. The lowest BCUT2D eigenvalue weighted by molar-refractivity contribution is 0.0951. The van der Waals surface area contributed by atoms with Crippen LogP contribution in [0.5, 0.6) is 5.75 Å². The molecule has 0 atom stereocenters. The van der Waals surface area contributed by atoms with Crippen molar-refractivity contribution in [3.05, 3.63) is 65.7 Å². The summed E-state index contributed by atoms with van der Waals surface area (Å²) in [5, 5.41) is 3.81. The van der Waals surface area contributed by atoms with E-state index in [4.69, 9.17) is 4.74 Å². The van der Waals surface area contributed by atoms with Gasteiger partial charge in [0.05, 0.1) is 5.56 Å². The van der Waals surface area contributed by atoms with E-state index < -0.39 is 0 Å². The molecule has 3 nitrogen and oxygen atoms in total. The van der Waals surface area contributed by atoms with Crippen LogP contribution in [0, 0.1) is 0 Å². The molecular weight excluding hydrogens is 330 g/mol. The summed E-state index contributed by atoms with van der Waals surface area (Å²) in [6.45, 7) is 1.16. The van der Waals surface area contributed by atoms with Crippen LogP contribution in [-0.2, 0) is 6.61 Å². The molecule has 132 valence electrons. The lowest BCUT2D eigenvalue weighted by Crippen LogP contribution is -2.26. The molecule has 0 unspecified atom stereocenters. The van der Waals surface area contributed by atoms with Crippen molar-refractivity contribution in [1.82, 2.24) is 5.32 Å². The molecular formula is C21H25NO2S. The number of hydrogen-bond donors (Lipinski definition) is 1. The van der Waals surface area contributed by atoms with Crippen LogP contribution in [0.25, 0.3) is 0 Å². The van der Waals surface area contributed by atoms with Gasteiger partial charge in [0, 0.05) is 17.5 Å². The van der Waals surface area contributed by atoms with Gasteiger partial charge in [-0.15, -0.1) is 0 Å². The zero-order chi connectivity index (χ0) is 17.3. The Morgan fingerprint density at radius 3 is 2.56 bits per heavy atom. The molecule has 1 amide bonds. The second kappa shape index (κ2) is 9.52. The molecule has 0 heterocycles. The molecule has 1 aliphatic carbocycles. The van der Waals surface area contributed by atoms with Crippen molar-refractivity contribution >= 4 is 17.7 Å². The number of ether oxygens (including phenoxy) is 1. The Hall–Kier alpha value is -1.94. The molecule has 0 bridgehead atoms. The second-order valence-corrected chi connectivity index (χ2v) is 7.71. The maximum absolute atomic E-state index is 12.5. The Morgan fingerprint density at radius 1 is 1.04 bits per heavy atom. The van der Waals surface area contributed by atoms with E-state index in [9.17, 15) is 4.79 Å². The average molecular weight is 356 g/mol. The molecule has 0 spiro atoms. The van der Waals surface area contributed by atoms with Gasteiger partial charge in [0.25, 0.3) is 5.91 Å². The number of nitrogens with one attached hydrogen (secondary N) is 1. The predicted molar refractivity (Wildman–Crippen MR) is 104 cm³/mol. The molecule has 1 fully saturated rings. The van der Waals surface area contributed by atoms with E-state index in [1.54, 1.807) is 0 Å². The Kier molecular flexibility index (Phi) is 6.80. The molecule has 3 rings (SSSR count). The molecule has 1 N–H and O–H groups in total. The van der Waals surface area contributed by atoms with Crippen LogP contribution in [0.15, 0.2) is 54.6 Å². The number of carbonyl (C=O) groups is 1. The fourth-order valence-corrected chi connectivity index (χ4v) is 4.28. The lowest BCUT2D eigenvalue weighted by atomic mass is 10.2. The van der Waals surface area contributed by atoms with Gasteiger partial charge in [-0.25, -0.2) is 0 Å². The number of thioether (sulfide) groups is 1. The van der Waals surface area contributed by atoms with Gasteiger partial charge in [0.1, 0.15) is 12.4 Å². The molecule has 0 aliphatic heterocycles. The van der Waals surface area contributed by atoms with Gasteiger partial charge in [-0.1, -0.05) is 55.3 Å². The summed E-state index contributed by atoms with van der Waals surface area (Å²) in [7, 11) is 0. The zero-order valence-corrected chi connectivity index (χ0v) is 15.3. The van der Waals surface area contributed by atoms with E-state index >= 15 is 0 Å². The fourth-order valence-electron chi connectivity index (χ4n) is 3.06. The van der Waals surface area contributed by atoms with Crippen molar-refractivity contribution in [2.75, 3.05) is 12.3 Å². The first-order chi connectivity index (χ1) is 12.3. The van der Waals surface area contributed by atoms with Crippen LogP contribution in [0.4, 0.5) is 0 Å². The third-order valence-electron chi connectivity index (χ3n) is 4.41. The Bertz CT molecular complexity index is 669. The standard InChI is InChI=1S/C21H25NO2S/c23-21(22-14-15-25-18-10-4-5-11-18)19-12-6-7-13-20(19)24-16-17-8-2-1-3-9-17/h1-3,6-9,12-13,18H,4-5,10-11,14-16H2,(H,22,23). The molecule has 2 aromatic carbocycles. The molecule has 0 aromatic heterocycles. The number of benzene rings is 2. The highest BCUT2D eigenvalue weighted by Gasteiger charge is 2.15. The Morgan fingerprint density at radius 2 is 1.76 bits per heavy atom. The monoisotopic (exact) mass is 355 g/mol. The molecule has 25 heavy (non-hydrogen) atoms. The van der Waals surface area contributed by atoms with Crippen LogP contribution in [0.2, 0.25) is 0 Å². The summed E-state index contributed by atoms with van der Waals surface area (Å²) < 4.78 is 5.87. The minimum absolute atomic E-state index is 0.0596. The van der Waals surface area contributed by atoms with Gasteiger partial charge in [-0.05, 0) is 30.5 Å². The predicted octanol–water partition coefficient (Wildman–Crippen LogP) is 4.67. The summed E-state index contributed by atoms with van der Waals surface area (Å²) in [6, 6.07) is 17.4. The SMILES string of the molecule is O=C(NCCSC1CCCC1)c1ccccc1OCc1ccccc1. The first-order valence-corrected chi connectivity index (χ1v) is 10.0. The molecule has 0 radical (unpaired) electrons. The van der Waals surface area contributed by atoms with Crippen LogP contribution in [-0.4, -0.2) is 23.5 Å². The zero-order valence-electron chi connectivity index (χ0n) is 14.4. The van der Waals surface area contributed by atoms with Gasteiger partial charge >= 0.3 is 0 Å². The Balaban J connectivity index is 1.49. The third kappa shape index (κ3) is 5.53. The van der Waals surface area contributed by atoms with Crippen molar-refractivity contribution in [2.24, 2.45) is 0 Å². The van der Waals surface area contributed by atoms with Crippen LogP contribution >= 0.6 is 11.8 Å². The summed E-state index contributed by atoms with van der Waals surface area (Å²) in [6.07, 6.45) is 5.37. The first-order valence-electron chi connectivity index (χ1n) is 8.98. The van der Waals surface area contributed by atoms with Crippen molar-refractivity contribution < 1.29 is 9.53 Å². The van der Waals surface area contributed by atoms with E-state index in [1.165, 1.54) is 25.7 Å². The molecule has 0 saturated heterocycles.